The summed E-state index contributed by atoms with van der Waals surface area (Å²) >= 11 is 0. The molecule has 0 spiro atoms. The van der Waals surface area contributed by atoms with Gasteiger partial charge in [-0.15, -0.1) is 5.10 Å². The molecule has 0 saturated heterocycles. The van der Waals surface area contributed by atoms with Crippen LogP contribution >= 0.6 is 0 Å². The molecule has 0 atom stereocenters. The highest BCUT2D eigenvalue weighted by Gasteiger charge is 2.19. The number of nitrogens with zero attached hydrogens (tertiary/aromatic N) is 4. The van der Waals surface area contributed by atoms with Crippen molar-refractivity contribution in [1.82, 2.24) is 25.0 Å². The first-order chi connectivity index (χ1) is 13.7. The van der Waals surface area contributed by atoms with Gasteiger partial charge < -0.3 is 14.5 Å². The van der Waals surface area contributed by atoms with Gasteiger partial charge in [0, 0.05) is 12.2 Å². The fraction of sp³-hybridized carbons (Fsp3) is 0.150. The second-order valence-corrected chi connectivity index (χ2v) is 5.93. The van der Waals surface area contributed by atoms with Gasteiger partial charge >= 0.3 is 0 Å². The summed E-state index contributed by atoms with van der Waals surface area (Å²) in [6.45, 7) is 2.67. The Morgan fingerprint density at radius 3 is 2.61 bits per heavy atom. The maximum Gasteiger partial charge on any atom is 0.299 e. The molecule has 2 heterocycles. The van der Waals surface area contributed by atoms with Crippen molar-refractivity contribution < 1.29 is 13.9 Å². The van der Waals surface area contributed by atoms with Crippen molar-refractivity contribution in [2.75, 3.05) is 6.61 Å². The number of rotatable bonds is 7. The Hall–Kier alpha value is -3.52. The first-order valence-corrected chi connectivity index (χ1v) is 8.80. The van der Waals surface area contributed by atoms with Gasteiger partial charge in [-0.1, -0.05) is 23.4 Å². The molecule has 0 bridgehead atoms. The van der Waals surface area contributed by atoms with Crippen LogP contribution in [-0.2, 0) is 11.5 Å². The predicted octanol–water partition coefficient (Wildman–Crippen LogP) is 4.26. The van der Waals surface area contributed by atoms with Gasteiger partial charge in [0.25, 0.3) is 6.01 Å². The molecule has 0 aliphatic heterocycles. The van der Waals surface area contributed by atoms with Crippen molar-refractivity contribution in [3.8, 4) is 34.4 Å². The summed E-state index contributed by atoms with van der Waals surface area (Å²) in [6.07, 6.45) is 1.65. The smallest absolute Gasteiger partial charge is 0.299 e. The van der Waals surface area contributed by atoms with E-state index < -0.39 is 0 Å². The van der Waals surface area contributed by atoms with E-state index in [4.69, 9.17) is 9.47 Å². The minimum absolute atomic E-state index is 0.230. The lowest BCUT2D eigenvalue weighted by molar-refractivity contribution is 0.0790. The van der Waals surface area contributed by atoms with Gasteiger partial charge in [0.1, 0.15) is 29.7 Å². The lowest BCUT2D eigenvalue weighted by Crippen LogP contribution is -2.06. The molecule has 4 rings (SSSR count). The molecule has 0 unspecified atom stereocenters. The van der Waals surface area contributed by atoms with Gasteiger partial charge in [-0.3, -0.25) is 0 Å². The molecule has 4 aromatic rings. The van der Waals surface area contributed by atoms with E-state index in [9.17, 15) is 4.39 Å². The lowest BCUT2D eigenvalue weighted by Gasteiger charge is -2.07. The van der Waals surface area contributed by atoms with Crippen LogP contribution in [0, 0.1) is 5.82 Å². The predicted molar refractivity (Wildman–Crippen MR) is 101 cm³/mol. The standard InChI is InChI=1S/C20H18FN5O2/c1-2-27-13-26-19(18(24-25-26)14-8-10-15(21)11-9-14)17-12-22-20(23-17)28-16-6-4-3-5-7-16/h3-12H,2,13H2,1H3,(H,22,23). The van der Waals surface area contributed by atoms with E-state index in [-0.39, 0.29) is 12.5 Å². The first kappa shape index (κ1) is 17.9. The largest absolute Gasteiger partial charge is 0.426 e. The van der Waals surface area contributed by atoms with Crippen molar-refractivity contribution in [3.63, 3.8) is 0 Å². The summed E-state index contributed by atoms with van der Waals surface area (Å²) in [7, 11) is 0. The average Bonchev–Trinajstić information content (AvgIpc) is 3.34. The fourth-order valence-corrected chi connectivity index (χ4v) is 2.73. The van der Waals surface area contributed by atoms with Gasteiger partial charge in [-0.2, -0.15) is 0 Å². The zero-order valence-corrected chi connectivity index (χ0v) is 15.2. The second-order valence-electron chi connectivity index (χ2n) is 5.93. The number of hydrogen-bond acceptors (Lipinski definition) is 5. The van der Waals surface area contributed by atoms with Gasteiger partial charge in [0.15, 0.2) is 0 Å². The molecule has 0 fully saturated rings. The number of aromatic nitrogens is 5. The van der Waals surface area contributed by atoms with Crippen LogP contribution in [0.15, 0.2) is 60.8 Å². The topological polar surface area (TPSA) is 77.8 Å². The van der Waals surface area contributed by atoms with Crippen LogP contribution in [0.25, 0.3) is 22.6 Å². The van der Waals surface area contributed by atoms with Crippen molar-refractivity contribution in [2.45, 2.75) is 13.7 Å². The van der Waals surface area contributed by atoms with E-state index in [0.29, 0.717) is 35.4 Å². The molecule has 2 aromatic heterocycles. The molecule has 0 saturated carbocycles. The second kappa shape index (κ2) is 8.01. The van der Waals surface area contributed by atoms with Crippen molar-refractivity contribution in [1.29, 1.82) is 0 Å². The average molecular weight is 379 g/mol. The Kier molecular flexibility index (Phi) is 5.11. The maximum atomic E-state index is 13.3. The van der Waals surface area contributed by atoms with Crippen LogP contribution in [0.4, 0.5) is 4.39 Å². The van der Waals surface area contributed by atoms with E-state index in [1.54, 1.807) is 23.0 Å². The number of imidazole rings is 1. The summed E-state index contributed by atoms with van der Waals surface area (Å²) in [5, 5.41) is 8.44. The van der Waals surface area contributed by atoms with Crippen LogP contribution < -0.4 is 4.74 Å². The summed E-state index contributed by atoms with van der Waals surface area (Å²) in [6, 6.07) is 15.8. The Morgan fingerprint density at radius 2 is 1.86 bits per heavy atom. The summed E-state index contributed by atoms with van der Waals surface area (Å²) in [5.74, 6) is 0.357. The molecule has 0 radical (unpaired) electrons. The van der Waals surface area contributed by atoms with Gasteiger partial charge in [-0.05, 0) is 43.3 Å². The van der Waals surface area contributed by atoms with Crippen LogP contribution in [0.5, 0.6) is 11.8 Å². The maximum absolute atomic E-state index is 13.3. The highest BCUT2D eigenvalue weighted by molar-refractivity contribution is 5.76. The van der Waals surface area contributed by atoms with E-state index in [1.807, 2.05) is 37.3 Å². The minimum atomic E-state index is -0.313. The Bertz CT molecular complexity index is 1040. The number of hydrogen-bond donors (Lipinski definition) is 1. The molecular formula is C20H18FN5O2. The SMILES string of the molecule is CCOCn1nnc(-c2ccc(F)cc2)c1-c1cnc(Oc2ccccc2)[nH]1. The Balaban J connectivity index is 1.71. The zero-order chi connectivity index (χ0) is 19.3. The monoisotopic (exact) mass is 379 g/mol. The first-order valence-electron chi connectivity index (χ1n) is 8.80. The number of H-pyrrole nitrogens is 1. The molecule has 0 aliphatic carbocycles. The number of nitrogens with one attached hydrogen (secondary N) is 1. The van der Waals surface area contributed by atoms with Crippen LogP contribution in [0.2, 0.25) is 0 Å². The van der Waals surface area contributed by atoms with E-state index in [2.05, 4.69) is 20.3 Å². The quantitative estimate of drug-likeness (QED) is 0.519. The number of halogens is 1. The highest BCUT2D eigenvalue weighted by atomic mass is 19.1. The zero-order valence-electron chi connectivity index (χ0n) is 15.2. The van der Waals surface area contributed by atoms with E-state index in [1.165, 1.54) is 12.1 Å². The van der Waals surface area contributed by atoms with Gasteiger partial charge in [-0.25, -0.2) is 14.1 Å². The number of ether oxygens (including phenoxy) is 2. The molecule has 28 heavy (non-hydrogen) atoms. The molecular weight excluding hydrogens is 361 g/mol. The molecule has 2 aromatic carbocycles. The minimum Gasteiger partial charge on any atom is -0.426 e. The third kappa shape index (κ3) is 3.77. The van der Waals surface area contributed by atoms with Crippen LogP contribution in [0.1, 0.15) is 6.92 Å². The van der Waals surface area contributed by atoms with Gasteiger partial charge in [0.2, 0.25) is 0 Å². The number of aromatic amines is 1. The molecule has 142 valence electrons. The van der Waals surface area contributed by atoms with Gasteiger partial charge in [0.05, 0.1) is 11.9 Å². The summed E-state index contributed by atoms with van der Waals surface area (Å²) < 4.78 is 26.2. The molecule has 7 nitrogen and oxygen atoms in total. The number of para-hydroxylation sites is 1. The Labute approximate surface area is 160 Å². The summed E-state index contributed by atoms with van der Waals surface area (Å²) in [5.41, 5.74) is 2.67. The molecule has 8 heteroatoms. The van der Waals surface area contributed by atoms with Crippen molar-refractivity contribution in [2.24, 2.45) is 0 Å². The van der Waals surface area contributed by atoms with Crippen LogP contribution in [0.3, 0.4) is 0 Å². The lowest BCUT2D eigenvalue weighted by atomic mass is 10.1. The molecule has 0 aliphatic rings. The van der Waals surface area contributed by atoms with Crippen molar-refractivity contribution >= 4 is 0 Å². The van der Waals surface area contributed by atoms with E-state index >= 15 is 0 Å². The normalized spacial score (nSPS) is 10.9. The third-order valence-electron chi connectivity index (χ3n) is 4.04. The molecule has 1 N–H and O–H groups in total. The molecule has 0 amide bonds. The third-order valence-corrected chi connectivity index (χ3v) is 4.04. The van der Waals surface area contributed by atoms with E-state index in [0.717, 1.165) is 5.56 Å². The number of benzene rings is 2. The van der Waals surface area contributed by atoms with Crippen molar-refractivity contribution in [3.05, 3.63) is 66.6 Å². The van der Waals surface area contributed by atoms with Crippen LogP contribution in [-0.4, -0.2) is 31.6 Å². The summed E-state index contributed by atoms with van der Waals surface area (Å²) in [4.78, 5) is 7.43. The Morgan fingerprint density at radius 1 is 1.07 bits per heavy atom. The fourth-order valence-electron chi connectivity index (χ4n) is 2.73. The highest BCUT2D eigenvalue weighted by Crippen LogP contribution is 2.31.